The SMILES string of the molecule is CCN(Cc1cccc(C)n1)CC1(CN)CCCC(C)C1. The van der Waals surface area contributed by atoms with Gasteiger partial charge in [-0.3, -0.25) is 9.88 Å². The first-order chi connectivity index (χ1) is 10.1. The Kier molecular flexibility index (Phi) is 5.77. The highest BCUT2D eigenvalue weighted by Crippen LogP contribution is 2.39. The summed E-state index contributed by atoms with van der Waals surface area (Å²) in [4.78, 5) is 7.17. The minimum Gasteiger partial charge on any atom is -0.330 e. The van der Waals surface area contributed by atoms with Gasteiger partial charge >= 0.3 is 0 Å². The minimum atomic E-state index is 0.317. The van der Waals surface area contributed by atoms with Gasteiger partial charge in [-0.2, -0.15) is 0 Å². The van der Waals surface area contributed by atoms with Crippen molar-refractivity contribution in [3.63, 3.8) is 0 Å². The molecule has 1 aliphatic rings. The number of rotatable bonds is 6. The Balaban J connectivity index is 2.03. The topological polar surface area (TPSA) is 42.2 Å². The molecule has 3 heteroatoms. The van der Waals surface area contributed by atoms with Crippen LogP contribution in [0.3, 0.4) is 0 Å². The molecular formula is C18H31N3. The van der Waals surface area contributed by atoms with Crippen molar-refractivity contribution in [2.24, 2.45) is 17.1 Å². The van der Waals surface area contributed by atoms with Crippen LogP contribution in [0.25, 0.3) is 0 Å². The fourth-order valence-electron chi connectivity index (χ4n) is 3.83. The lowest BCUT2D eigenvalue weighted by Gasteiger charge is -2.42. The highest BCUT2D eigenvalue weighted by molar-refractivity contribution is 5.10. The van der Waals surface area contributed by atoms with Gasteiger partial charge in [0.25, 0.3) is 0 Å². The van der Waals surface area contributed by atoms with Crippen LogP contribution in [-0.2, 0) is 6.54 Å². The molecule has 2 atom stereocenters. The highest BCUT2D eigenvalue weighted by Gasteiger charge is 2.35. The molecule has 1 aromatic rings. The first-order valence-corrected chi connectivity index (χ1v) is 8.42. The highest BCUT2D eigenvalue weighted by atomic mass is 15.1. The molecule has 1 heterocycles. The van der Waals surface area contributed by atoms with Crippen LogP contribution in [0, 0.1) is 18.3 Å². The molecule has 0 spiro atoms. The Labute approximate surface area is 129 Å². The molecule has 3 nitrogen and oxygen atoms in total. The molecule has 0 aromatic carbocycles. The van der Waals surface area contributed by atoms with E-state index in [1.165, 1.54) is 31.4 Å². The normalized spacial score (nSPS) is 26.2. The van der Waals surface area contributed by atoms with Gasteiger partial charge in [-0.1, -0.05) is 32.8 Å². The van der Waals surface area contributed by atoms with Crippen LogP contribution in [0.5, 0.6) is 0 Å². The van der Waals surface area contributed by atoms with E-state index in [1.54, 1.807) is 0 Å². The number of nitrogens with two attached hydrogens (primary N) is 1. The lowest BCUT2D eigenvalue weighted by molar-refractivity contribution is 0.0866. The van der Waals surface area contributed by atoms with E-state index in [1.807, 2.05) is 0 Å². The van der Waals surface area contributed by atoms with Gasteiger partial charge in [0.2, 0.25) is 0 Å². The van der Waals surface area contributed by atoms with E-state index in [2.05, 4.69) is 48.9 Å². The van der Waals surface area contributed by atoms with Crippen molar-refractivity contribution in [3.8, 4) is 0 Å². The summed E-state index contributed by atoms with van der Waals surface area (Å²) in [5, 5.41) is 0. The molecule has 0 saturated heterocycles. The van der Waals surface area contributed by atoms with Crippen LogP contribution in [0.15, 0.2) is 18.2 Å². The average Bonchev–Trinajstić information content (AvgIpc) is 2.46. The lowest BCUT2D eigenvalue weighted by Crippen LogP contribution is -2.45. The van der Waals surface area contributed by atoms with Gasteiger partial charge in [0.1, 0.15) is 0 Å². The molecule has 2 rings (SSSR count). The number of nitrogens with zero attached hydrogens (tertiary/aromatic N) is 2. The zero-order chi connectivity index (χ0) is 15.3. The van der Waals surface area contributed by atoms with Gasteiger partial charge in [0.05, 0.1) is 5.69 Å². The molecule has 2 unspecified atom stereocenters. The van der Waals surface area contributed by atoms with E-state index in [4.69, 9.17) is 5.73 Å². The Morgan fingerprint density at radius 1 is 1.43 bits per heavy atom. The van der Waals surface area contributed by atoms with Crippen LogP contribution < -0.4 is 5.73 Å². The molecule has 0 aliphatic heterocycles. The predicted octanol–water partition coefficient (Wildman–Crippen LogP) is 3.37. The molecule has 1 aliphatic carbocycles. The number of pyridine rings is 1. The number of hydrogen-bond acceptors (Lipinski definition) is 3. The summed E-state index contributed by atoms with van der Waals surface area (Å²) in [6.07, 6.45) is 5.26. The molecule has 2 N–H and O–H groups in total. The summed E-state index contributed by atoms with van der Waals surface area (Å²) in [7, 11) is 0. The summed E-state index contributed by atoms with van der Waals surface area (Å²) < 4.78 is 0. The maximum Gasteiger partial charge on any atom is 0.0547 e. The fraction of sp³-hybridized carbons (Fsp3) is 0.722. The molecule has 0 bridgehead atoms. The van der Waals surface area contributed by atoms with Gasteiger partial charge in [-0.25, -0.2) is 0 Å². The maximum absolute atomic E-state index is 6.18. The Morgan fingerprint density at radius 3 is 2.86 bits per heavy atom. The monoisotopic (exact) mass is 289 g/mol. The lowest BCUT2D eigenvalue weighted by atomic mass is 9.69. The summed E-state index contributed by atoms with van der Waals surface area (Å²) in [6, 6.07) is 6.30. The Bertz CT molecular complexity index is 446. The quantitative estimate of drug-likeness (QED) is 0.873. The molecular weight excluding hydrogens is 258 g/mol. The van der Waals surface area contributed by atoms with E-state index < -0.39 is 0 Å². The van der Waals surface area contributed by atoms with E-state index >= 15 is 0 Å². The summed E-state index contributed by atoms with van der Waals surface area (Å²) in [6.45, 7) is 10.6. The summed E-state index contributed by atoms with van der Waals surface area (Å²) in [5.41, 5.74) is 8.77. The molecule has 118 valence electrons. The van der Waals surface area contributed by atoms with Crippen molar-refractivity contribution in [2.75, 3.05) is 19.6 Å². The maximum atomic E-state index is 6.18. The second-order valence-corrected chi connectivity index (χ2v) is 6.98. The van der Waals surface area contributed by atoms with Crippen molar-refractivity contribution in [1.82, 2.24) is 9.88 Å². The molecule has 1 aromatic heterocycles. The summed E-state index contributed by atoms with van der Waals surface area (Å²) >= 11 is 0. The third-order valence-corrected chi connectivity index (χ3v) is 4.96. The zero-order valence-corrected chi connectivity index (χ0v) is 13.9. The smallest absolute Gasteiger partial charge is 0.0547 e. The van der Waals surface area contributed by atoms with E-state index in [-0.39, 0.29) is 0 Å². The van der Waals surface area contributed by atoms with Crippen molar-refractivity contribution < 1.29 is 0 Å². The first-order valence-electron chi connectivity index (χ1n) is 8.42. The van der Waals surface area contributed by atoms with Crippen LogP contribution in [0.4, 0.5) is 0 Å². The van der Waals surface area contributed by atoms with Crippen LogP contribution in [0.2, 0.25) is 0 Å². The van der Waals surface area contributed by atoms with Crippen molar-refractivity contribution in [3.05, 3.63) is 29.6 Å². The van der Waals surface area contributed by atoms with Crippen molar-refractivity contribution in [1.29, 1.82) is 0 Å². The predicted molar refractivity (Wildman–Crippen MR) is 89.0 cm³/mol. The molecule has 0 radical (unpaired) electrons. The zero-order valence-electron chi connectivity index (χ0n) is 13.9. The van der Waals surface area contributed by atoms with Crippen LogP contribution in [0.1, 0.15) is 50.9 Å². The van der Waals surface area contributed by atoms with Gasteiger partial charge in [-0.05, 0) is 56.3 Å². The third-order valence-electron chi connectivity index (χ3n) is 4.96. The van der Waals surface area contributed by atoms with Crippen LogP contribution >= 0.6 is 0 Å². The van der Waals surface area contributed by atoms with Crippen molar-refractivity contribution >= 4 is 0 Å². The second kappa shape index (κ2) is 7.37. The molecule has 21 heavy (non-hydrogen) atoms. The van der Waals surface area contributed by atoms with E-state index in [0.717, 1.165) is 37.8 Å². The standard InChI is InChI=1S/C18H31N3/c1-4-21(12-17-9-5-8-16(3)20-17)14-18(13-19)10-6-7-15(2)11-18/h5,8-9,15H,4,6-7,10-14,19H2,1-3H3. The number of hydrogen-bond donors (Lipinski definition) is 1. The molecule has 1 fully saturated rings. The molecule has 1 saturated carbocycles. The van der Waals surface area contributed by atoms with Gasteiger partial charge in [-0.15, -0.1) is 0 Å². The first kappa shape index (κ1) is 16.4. The fourth-order valence-corrected chi connectivity index (χ4v) is 3.83. The minimum absolute atomic E-state index is 0.317. The Morgan fingerprint density at radius 2 is 2.24 bits per heavy atom. The number of aromatic nitrogens is 1. The largest absolute Gasteiger partial charge is 0.330 e. The van der Waals surface area contributed by atoms with Gasteiger partial charge < -0.3 is 5.73 Å². The molecule has 0 amide bonds. The second-order valence-electron chi connectivity index (χ2n) is 6.98. The van der Waals surface area contributed by atoms with Gasteiger partial charge in [0.15, 0.2) is 0 Å². The van der Waals surface area contributed by atoms with Crippen LogP contribution in [-0.4, -0.2) is 29.5 Å². The van der Waals surface area contributed by atoms with Crippen molar-refractivity contribution in [2.45, 2.75) is 53.0 Å². The third kappa shape index (κ3) is 4.52. The summed E-state index contributed by atoms with van der Waals surface area (Å²) in [5.74, 6) is 0.818. The average molecular weight is 289 g/mol. The number of aryl methyl sites for hydroxylation is 1. The van der Waals surface area contributed by atoms with E-state index in [9.17, 15) is 0 Å². The van der Waals surface area contributed by atoms with E-state index in [0.29, 0.717) is 5.41 Å². The van der Waals surface area contributed by atoms with Gasteiger partial charge in [0, 0.05) is 18.8 Å². The Hall–Kier alpha value is -0.930.